The van der Waals surface area contributed by atoms with E-state index in [0.717, 1.165) is 17.8 Å². The van der Waals surface area contributed by atoms with Gasteiger partial charge in [-0.05, 0) is 26.2 Å². The molecular weight excluding hydrogens is 243 g/mol. The minimum atomic E-state index is -4.05. The van der Waals surface area contributed by atoms with Gasteiger partial charge in [-0.1, -0.05) is 6.92 Å². The summed E-state index contributed by atoms with van der Waals surface area (Å²) in [6, 6.07) is 0.0156. The maximum absolute atomic E-state index is 12.0. The number of alkyl halides is 3. The van der Waals surface area contributed by atoms with Crippen LogP contribution in [0.5, 0.6) is 0 Å². The summed E-state index contributed by atoms with van der Waals surface area (Å²) in [5, 5.41) is 7.49. The maximum atomic E-state index is 12.0. The fraction of sp³-hybridized carbons (Fsp3) is 0.750. The van der Waals surface area contributed by atoms with Crippen LogP contribution in [0.3, 0.4) is 0 Å². The topological polar surface area (TPSA) is 29.9 Å². The average molecular weight is 263 g/mol. The maximum Gasteiger partial charge on any atom is 0.389 e. The van der Waals surface area contributed by atoms with Gasteiger partial charge in [0.25, 0.3) is 0 Å². The lowest BCUT2D eigenvalue weighted by molar-refractivity contribution is -0.135. The van der Waals surface area contributed by atoms with Gasteiger partial charge in [0.05, 0.1) is 11.4 Å². The van der Waals surface area contributed by atoms with Crippen molar-refractivity contribution in [2.24, 2.45) is 7.05 Å². The summed E-state index contributed by atoms with van der Waals surface area (Å²) in [4.78, 5) is 0. The SMILES string of the molecule is CCc1nn(C)cc1NC(C)CCCC(F)(F)F. The highest BCUT2D eigenvalue weighted by atomic mass is 19.4. The van der Waals surface area contributed by atoms with Gasteiger partial charge in [-0.3, -0.25) is 4.68 Å². The Balaban J connectivity index is 2.42. The van der Waals surface area contributed by atoms with Gasteiger partial charge in [-0.2, -0.15) is 18.3 Å². The lowest BCUT2D eigenvalue weighted by Gasteiger charge is -2.15. The molecule has 0 saturated heterocycles. The van der Waals surface area contributed by atoms with Crippen LogP contribution in [0, 0.1) is 0 Å². The quantitative estimate of drug-likeness (QED) is 0.851. The van der Waals surface area contributed by atoms with Crippen LogP contribution in [0.4, 0.5) is 18.9 Å². The van der Waals surface area contributed by atoms with Crippen molar-refractivity contribution in [3.8, 4) is 0 Å². The van der Waals surface area contributed by atoms with Gasteiger partial charge in [0.2, 0.25) is 0 Å². The minimum absolute atomic E-state index is 0.0156. The molecule has 1 unspecified atom stereocenters. The molecule has 1 aromatic rings. The zero-order chi connectivity index (χ0) is 13.8. The second kappa shape index (κ2) is 6.11. The molecule has 0 fully saturated rings. The Morgan fingerprint density at radius 3 is 2.67 bits per heavy atom. The summed E-state index contributed by atoms with van der Waals surface area (Å²) >= 11 is 0. The molecule has 1 heterocycles. The standard InChI is InChI=1S/C12H20F3N3/c1-4-10-11(8-18(3)17-10)16-9(2)6-5-7-12(13,14)15/h8-9,16H,4-7H2,1-3H3. The molecule has 0 aromatic carbocycles. The fourth-order valence-electron chi connectivity index (χ4n) is 1.86. The van der Waals surface area contributed by atoms with Crippen molar-refractivity contribution in [2.45, 2.75) is 51.7 Å². The van der Waals surface area contributed by atoms with Crippen molar-refractivity contribution in [1.82, 2.24) is 9.78 Å². The van der Waals surface area contributed by atoms with Gasteiger partial charge in [0.1, 0.15) is 0 Å². The van der Waals surface area contributed by atoms with Crippen molar-refractivity contribution < 1.29 is 13.2 Å². The van der Waals surface area contributed by atoms with Crippen LogP contribution >= 0.6 is 0 Å². The van der Waals surface area contributed by atoms with Crippen molar-refractivity contribution in [3.63, 3.8) is 0 Å². The zero-order valence-corrected chi connectivity index (χ0v) is 11.0. The molecule has 0 amide bonds. The monoisotopic (exact) mass is 263 g/mol. The third-order valence-corrected chi connectivity index (χ3v) is 2.74. The van der Waals surface area contributed by atoms with E-state index in [1.165, 1.54) is 0 Å². The van der Waals surface area contributed by atoms with E-state index >= 15 is 0 Å². The number of hydrogen-bond donors (Lipinski definition) is 1. The molecule has 1 rings (SSSR count). The van der Waals surface area contributed by atoms with E-state index in [9.17, 15) is 13.2 Å². The predicted octanol–water partition coefficient (Wildman–Crippen LogP) is 3.52. The molecule has 1 aromatic heterocycles. The molecule has 18 heavy (non-hydrogen) atoms. The first-order valence-corrected chi connectivity index (χ1v) is 6.17. The van der Waals surface area contributed by atoms with E-state index in [1.807, 2.05) is 27.1 Å². The highest BCUT2D eigenvalue weighted by molar-refractivity contribution is 5.46. The first-order valence-electron chi connectivity index (χ1n) is 6.17. The zero-order valence-electron chi connectivity index (χ0n) is 11.0. The van der Waals surface area contributed by atoms with Crippen LogP contribution < -0.4 is 5.32 Å². The summed E-state index contributed by atoms with van der Waals surface area (Å²) in [6.07, 6.45) is -1.45. The van der Waals surface area contributed by atoms with E-state index in [4.69, 9.17) is 0 Å². The molecule has 0 spiro atoms. The Kier molecular flexibility index (Phi) is 5.04. The van der Waals surface area contributed by atoms with Crippen LogP contribution in [0.25, 0.3) is 0 Å². The summed E-state index contributed by atoms with van der Waals surface area (Å²) in [7, 11) is 1.83. The Morgan fingerprint density at radius 1 is 1.44 bits per heavy atom. The second-order valence-corrected chi connectivity index (χ2v) is 4.57. The normalized spacial score (nSPS) is 13.7. The van der Waals surface area contributed by atoms with Crippen LogP contribution in [0.1, 0.15) is 38.8 Å². The lowest BCUT2D eigenvalue weighted by atomic mass is 10.1. The number of aryl methyl sites for hydroxylation is 2. The number of rotatable bonds is 6. The van der Waals surface area contributed by atoms with Gasteiger partial charge in [0, 0.05) is 25.7 Å². The fourth-order valence-corrected chi connectivity index (χ4v) is 1.86. The van der Waals surface area contributed by atoms with Gasteiger partial charge < -0.3 is 5.32 Å². The molecule has 0 aliphatic heterocycles. The minimum Gasteiger partial charge on any atom is -0.380 e. The van der Waals surface area contributed by atoms with Gasteiger partial charge in [-0.25, -0.2) is 0 Å². The van der Waals surface area contributed by atoms with Gasteiger partial charge in [-0.15, -0.1) is 0 Å². The number of anilines is 1. The van der Waals surface area contributed by atoms with E-state index in [2.05, 4.69) is 10.4 Å². The molecular formula is C12H20F3N3. The van der Waals surface area contributed by atoms with Crippen molar-refractivity contribution >= 4 is 5.69 Å². The third-order valence-electron chi connectivity index (χ3n) is 2.74. The molecule has 0 radical (unpaired) electrons. The molecule has 3 nitrogen and oxygen atoms in total. The Hall–Kier alpha value is -1.20. The first-order chi connectivity index (χ1) is 8.31. The second-order valence-electron chi connectivity index (χ2n) is 4.57. The van der Waals surface area contributed by atoms with Crippen LogP contribution in [0.15, 0.2) is 6.20 Å². The molecule has 0 saturated carbocycles. The molecule has 0 aliphatic rings. The van der Waals surface area contributed by atoms with Gasteiger partial charge >= 0.3 is 6.18 Å². The molecule has 1 atom stereocenters. The summed E-state index contributed by atoms with van der Waals surface area (Å²) in [5.41, 5.74) is 1.86. The summed E-state index contributed by atoms with van der Waals surface area (Å²) in [5.74, 6) is 0. The Bertz CT molecular complexity index is 371. The van der Waals surface area contributed by atoms with E-state index in [-0.39, 0.29) is 12.5 Å². The predicted molar refractivity (Wildman–Crippen MR) is 65.6 cm³/mol. The van der Waals surface area contributed by atoms with Gasteiger partial charge in [0.15, 0.2) is 0 Å². The van der Waals surface area contributed by atoms with E-state index in [0.29, 0.717) is 6.42 Å². The van der Waals surface area contributed by atoms with Crippen molar-refractivity contribution in [2.75, 3.05) is 5.32 Å². The molecule has 104 valence electrons. The molecule has 1 N–H and O–H groups in total. The van der Waals surface area contributed by atoms with Crippen molar-refractivity contribution in [1.29, 1.82) is 0 Å². The Morgan fingerprint density at radius 2 is 2.11 bits per heavy atom. The van der Waals surface area contributed by atoms with Crippen LogP contribution in [-0.4, -0.2) is 22.0 Å². The van der Waals surface area contributed by atoms with Crippen LogP contribution in [-0.2, 0) is 13.5 Å². The van der Waals surface area contributed by atoms with E-state index < -0.39 is 12.6 Å². The smallest absolute Gasteiger partial charge is 0.380 e. The highest BCUT2D eigenvalue weighted by Gasteiger charge is 2.26. The van der Waals surface area contributed by atoms with E-state index in [1.54, 1.807) is 4.68 Å². The van der Waals surface area contributed by atoms with Crippen LogP contribution in [0.2, 0.25) is 0 Å². The lowest BCUT2D eigenvalue weighted by Crippen LogP contribution is -2.17. The molecule has 6 heteroatoms. The van der Waals surface area contributed by atoms with Crippen molar-refractivity contribution in [3.05, 3.63) is 11.9 Å². The number of nitrogens with one attached hydrogen (secondary N) is 1. The molecule has 0 aliphatic carbocycles. The largest absolute Gasteiger partial charge is 0.389 e. The Labute approximate surface area is 105 Å². The molecule has 0 bridgehead atoms. The number of halogens is 3. The third kappa shape index (κ3) is 4.98. The summed E-state index contributed by atoms with van der Waals surface area (Å²) < 4.78 is 37.8. The first kappa shape index (κ1) is 14.9. The number of hydrogen-bond acceptors (Lipinski definition) is 2. The summed E-state index contributed by atoms with van der Waals surface area (Å²) in [6.45, 7) is 3.89. The number of aromatic nitrogens is 2. The highest BCUT2D eigenvalue weighted by Crippen LogP contribution is 2.23. The average Bonchev–Trinajstić information content (AvgIpc) is 2.56. The number of nitrogens with zero attached hydrogens (tertiary/aromatic N) is 2.